The molecule has 1 aromatic heterocycles. The summed E-state index contributed by atoms with van der Waals surface area (Å²) in [4.78, 5) is 11.5. The van der Waals surface area contributed by atoms with Crippen molar-refractivity contribution in [1.82, 2.24) is 14.5 Å². The highest BCUT2D eigenvalue weighted by Crippen LogP contribution is 2.47. The molecule has 0 saturated carbocycles. The van der Waals surface area contributed by atoms with E-state index in [0.717, 1.165) is 40.5 Å². The van der Waals surface area contributed by atoms with E-state index in [-0.39, 0.29) is 24.3 Å². The van der Waals surface area contributed by atoms with E-state index in [1.807, 2.05) is 61.0 Å². The lowest BCUT2D eigenvalue weighted by atomic mass is 9.84. The smallest absolute Gasteiger partial charge is 0.169 e. The molecule has 6 rings (SSSR count). The number of aryl methyl sites for hydroxylation is 1. The lowest BCUT2D eigenvalue weighted by Gasteiger charge is -2.45. The number of epoxide rings is 1. The number of rotatable bonds is 4. The molecule has 2 aromatic carbocycles. The van der Waals surface area contributed by atoms with Gasteiger partial charge in [0.1, 0.15) is 23.8 Å². The summed E-state index contributed by atoms with van der Waals surface area (Å²) >= 11 is 0. The van der Waals surface area contributed by atoms with E-state index in [2.05, 4.69) is 16.8 Å². The van der Waals surface area contributed by atoms with Crippen molar-refractivity contribution in [3.63, 3.8) is 0 Å². The first-order chi connectivity index (χ1) is 17.4. The van der Waals surface area contributed by atoms with Crippen LogP contribution in [0.1, 0.15) is 37.1 Å². The largest absolute Gasteiger partial charge is 0.495 e. The fraction of sp³-hybridized carbons (Fsp3) is 0.357. The Labute approximate surface area is 209 Å². The molecule has 2 saturated heterocycles. The van der Waals surface area contributed by atoms with Gasteiger partial charge in [-0.1, -0.05) is 18.2 Å². The van der Waals surface area contributed by atoms with E-state index in [9.17, 15) is 4.39 Å². The topological polar surface area (TPSA) is 64.4 Å². The lowest BCUT2D eigenvalue weighted by molar-refractivity contribution is 0.0845. The normalized spacial score (nSPS) is 28.0. The van der Waals surface area contributed by atoms with E-state index in [4.69, 9.17) is 19.2 Å². The lowest BCUT2D eigenvalue weighted by Crippen LogP contribution is -2.52. The van der Waals surface area contributed by atoms with Crippen LogP contribution in [0.25, 0.3) is 11.8 Å². The molecule has 4 atom stereocenters. The number of benzene rings is 2. The third-order valence-corrected chi connectivity index (χ3v) is 7.33. The van der Waals surface area contributed by atoms with Crippen molar-refractivity contribution in [2.24, 2.45) is 4.99 Å². The van der Waals surface area contributed by atoms with Crippen molar-refractivity contribution in [2.45, 2.75) is 51.2 Å². The Morgan fingerprint density at radius 1 is 1.19 bits per heavy atom. The molecule has 0 radical (unpaired) electrons. The number of aliphatic imine (C=N–C) groups is 1. The van der Waals surface area contributed by atoms with Gasteiger partial charge in [0.2, 0.25) is 0 Å². The molecule has 7 nitrogen and oxygen atoms in total. The van der Waals surface area contributed by atoms with Crippen molar-refractivity contribution in [2.75, 3.05) is 13.7 Å². The molecule has 2 fully saturated rings. The second kappa shape index (κ2) is 8.48. The number of methoxy groups -OCH3 is 1. The summed E-state index contributed by atoms with van der Waals surface area (Å²) in [5.74, 6) is 1.94. The average Bonchev–Trinajstić information content (AvgIpc) is 3.56. The molecule has 186 valence electrons. The van der Waals surface area contributed by atoms with Gasteiger partial charge >= 0.3 is 0 Å². The van der Waals surface area contributed by atoms with Crippen molar-refractivity contribution < 1.29 is 18.6 Å². The Bertz CT molecular complexity index is 1370. The van der Waals surface area contributed by atoms with Gasteiger partial charge in [-0.05, 0) is 68.7 Å². The molecule has 0 amide bonds. The number of imidazole rings is 1. The maximum absolute atomic E-state index is 13.7. The summed E-state index contributed by atoms with van der Waals surface area (Å²) in [6.45, 7) is 6.79. The third kappa shape index (κ3) is 3.76. The Morgan fingerprint density at radius 2 is 2.00 bits per heavy atom. The zero-order valence-electron chi connectivity index (χ0n) is 20.8. The predicted molar refractivity (Wildman–Crippen MR) is 135 cm³/mol. The van der Waals surface area contributed by atoms with Gasteiger partial charge in [-0.2, -0.15) is 0 Å². The SMILES string of the molecule is COc1cc(/C=C2\OC(C)C3OC3N3C2=NCCC3(C)c2ccc(F)cc2)ccc1-n1cnc(C)c1. The van der Waals surface area contributed by atoms with Crippen molar-refractivity contribution >= 4 is 11.9 Å². The minimum Gasteiger partial charge on any atom is -0.495 e. The van der Waals surface area contributed by atoms with Crippen LogP contribution in [-0.4, -0.2) is 52.4 Å². The van der Waals surface area contributed by atoms with E-state index in [1.54, 1.807) is 13.4 Å². The van der Waals surface area contributed by atoms with E-state index >= 15 is 0 Å². The monoisotopic (exact) mass is 488 g/mol. The number of hydrogen-bond donors (Lipinski definition) is 0. The summed E-state index contributed by atoms with van der Waals surface area (Å²) in [5, 5.41) is 0. The molecular formula is C28H29FN4O3. The number of amidine groups is 1. The van der Waals surface area contributed by atoms with Gasteiger partial charge in [0.15, 0.2) is 17.8 Å². The standard InChI is InChI=1S/C28H29FN4O3/c1-17-15-32(16-31-17)22-10-5-19(13-23(22)34-4)14-24-26-30-12-11-28(3,20-6-8-21(29)9-7-20)33(26)27-25(36-27)18(2)35-24/h5-10,13-16,18,25,27H,11-12H2,1-4H3/b24-14-. The highest BCUT2D eigenvalue weighted by Gasteiger charge is 2.58. The summed E-state index contributed by atoms with van der Waals surface area (Å²) in [5.41, 5.74) is 3.40. The Balaban J connectivity index is 1.40. The van der Waals surface area contributed by atoms with E-state index < -0.39 is 5.54 Å². The van der Waals surface area contributed by atoms with Crippen LogP contribution >= 0.6 is 0 Å². The van der Waals surface area contributed by atoms with Gasteiger partial charge in [0.05, 0.1) is 30.4 Å². The van der Waals surface area contributed by atoms with E-state index in [0.29, 0.717) is 12.3 Å². The van der Waals surface area contributed by atoms with Crippen LogP contribution in [0, 0.1) is 12.7 Å². The molecular weight excluding hydrogens is 459 g/mol. The molecule has 0 bridgehead atoms. The number of aromatic nitrogens is 2. The van der Waals surface area contributed by atoms with Crippen LogP contribution in [0.5, 0.6) is 5.75 Å². The number of nitrogens with zero attached hydrogens (tertiary/aromatic N) is 4. The van der Waals surface area contributed by atoms with Crippen LogP contribution in [0.3, 0.4) is 0 Å². The van der Waals surface area contributed by atoms with Crippen LogP contribution < -0.4 is 4.74 Å². The molecule has 36 heavy (non-hydrogen) atoms. The quantitative estimate of drug-likeness (QED) is 0.492. The molecule has 4 heterocycles. The zero-order valence-corrected chi connectivity index (χ0v) is 20.8. The summed E-state index contributed by atoms with van der Waals surface area (Å²) in [7, 11) is 1.66. The van der Waals surface area contributed by atoms with Crippen molar-refractivity contribution in [1.29, 1.82) is 0 Å². The number of hydrogen-bond acceptors (Lipinski definition) is 6. The second-order valence-electron chi connectivity index (χ2n) is 9.78. The molecule has 3 aromatic rings. The summed E-state index contributed by atoms with van der Waals surface area (Å²) < 4.78 is 33.9. The first kappa shape index (κ1) is 22.8. The Kier molecular flexibility index (Phi) is 5.37. The molecule has 8 heteroatoms. The Hall–Kier alpha value is -3.65. The molecule has 4 unspecified atom stereocenters. The van der Waals surface area contributed by atoms with Gasteiger partial charge in [-0.25, -0.2) is 9.37 Å². The fourth-order valence-corrected chi connectivity index (χ4v) is 5.29. The molecule has 0 aliphatic carbocycles. The first-order valence-electron chi connectivity index (χ1n) is 12.2. The zero-order chi connectivity index (χ0) is 25.0. The van der Waals surface area contributed by atoms with Gasteiger partial charge in [0, 0.05) is 12.7 Å². The molecule has 0 N–H and O–H groups in total. The second-order valence-corrected chi connectivity index (χ2v) is 9.78. The minimum absolute atomic E-state index is 0.0552. The number of ether oxygens (including phenoxy) is 3. The highest BCUT2D eigenvalue weighted by molar-refractivity contribution is 6.02. The molecule has 3 aliphatic heterocycles. The maximum atomic E-state index is 13.7. The highest BCUT2D eigenvalue weighted by atomic mass is 19.1. The van der Waals surface area contributed by atoms with Crippen LogP contribution in [0.2, 0.25) is 0 Å². The van der Waals surface area contributed by atoms with Gasteiger partial charge in [-0.3, -0.25) is 4.99 Å². The number of halogens is 1. The molecule has 0 spiro atoms. The number of fused-ring (bicyclic) bond motifs is 3. The Morgan fingerprint density at radius 3 is 2.72 bits per heavy atom. The van der Waals surface area contributed by atoms with Gasteiger partial charge in [-0.15, -0.1) is 0 Å². The van der Waals surface area contributed by atoms with Crippen molar-refractivity contribution in [3.8, 4) is 11.4 Å². The van der Waals surface area contributed by atoms with Crippen LogP contribution in [-0.2, 0) is 15.0 Å². The van der Waals surface area contributed by atoms with Crippen LogP contribution in [0.15, 0.2) is 65.7 Å². The van der Waals surface area contributed by atoms with Gasteiger partial charge < -0.3 is 23.7 Å². The first-order valence-corrected chi connectivity index (χ1v) is 12.2. The average molecular weight is 489 g/mol. The fourth-order valence-electron chi connectivity index (χ4n) is 5.29. The maximum Gasteiger partial charge on any atom is 0.169 e. The van der Waals surface area contributed by atoms with Crippen LogP contribution in [0.4, 0.5) is 4.39 Å². The predicted octanol–water partition coefficient (Wildman–Crippen LogP) is 4.83. The van der Waals surface area contributed by atoms with Gasteiger partial charge in [0.25, 0.3) is 0 Å². The van der Waals surface area contributed by atoms with E-state index in [1.165, 1.54) is 12.1 Å². The molecule has 3 aliphatic rings. The summed E-state index contributed by atoms with van der Waals surface area (Å²) in [6.07, 6.45) is 6.21. The van der Waals surface area contributed by atoms with Crippen molar-refractivity contribution in [3.05, 3.63) is 83.4 Å². The third-order valence-electron chi connectivity index (χ3n) is 7.33. The minimum atomic E-state index is -0.405. The summed E-state index contributed by atoms with van der Waals surface area (Å²) in [6, 6.07) is 12.8.